The maximum Gasteiger partial charge on any atom is 0.413 e. The first-order valence-corrected chi connectivity index (χ1v) is 6.32. The molecule has 0 spiro atoms. The van der Waals surface area contributed by atoms with Gasteiger partial charge in [-0.1, -0.05) is 12.8 Å². The number of nitrogens with zero attached hydrogens (tertiary/aromatic N) is 1. The van der Waals surface area contributed by atoms with E-state index in [0.717, 1.165) is 6.42 Å². The number of amides is 1. The summed E-state index contributed by atoms with van der Waals surface area (Å²) in [7, 11) is 0. The van der Waals surface area contributed by atoms with Crippen LogP contribution in [0.2, 0.25) is 0 Å². The predicted octanol–water partition coefficient (Wildman–Crippen LogP) is 2.77. The Morgan fingerprint density at radius 1 is 1.50 bits per heavy atom. The first-order valence-electron chi connectivity index (χ1n) is 6.32. The Kier molecular flexibility index (Phi) is 4.28. The van der Waals surface area contributed by atoms with Gasteiger partial charge in [0.1, 0.15) is 17.4 Å². The molecule has 1 fully saturated rings. The summed E-state index contributed by atoms with van der Waals surface area (Å²) in [5.41, 5.74) is -1.19. The smallest absolute Gasteiger partial charge is 0.413 e. The summed E-state index contributed by atoms with van der Waals surface area (Å²) in [6.45, 7) is 11.7. The minimum atomic E-state index is -0.671. The Hall–Kier alpha value is -1.21. The van der Waals surface area contributed by atoms with Crippen molar-refractivity contribution in [3.63, 3.8) is 0 Å². The van der Waals surface area contributed by atoms with Crippen molar-refractivity contribution in [1.82, 2.24) is 4.90 Å². The van der Waals surface area contributed by atoms with Crippen LogP contribution in [0.1, 0.15) is 48.0 Å². The molecule has 4 heteroatoms. The van der Waals surface area contributed by atoms with Gasteiger partial charge in [-0.15, -0.1) is 5.92 Å². The predicted molar refractivity (Wildman–Crippen MR) is 70.0 cm³/mol. The molecule has 0 radical (unpaired) electrons. The van der Waals surface area contributed by atoms with Crippen molar-refractivity contribution in [1.29, 1.82) is 0 Å². The van der Waals surface area contributed by atoms with E-state index in [9.17, 15) is 4.79 Å². The fraction of sp³-hybridized carbons (Fsp3) is 0.786. The van der Waals surface area contributed by atoms with Gasteiger partial charge < -0.3 is 9.47 Å². The summed E-state index contributed by atoms with van der Waals surface area (Å²) < 4.78 is 11.0. The molecule has 1 unspecified atom stereocenters. The summed E-state index contributed by atoms with van der Waals surface area (Å²) in [4.78, 5) is 13.8. The van der Waals surface area contributed by atoms with Crippen molar-refractivity contribution in [3.8, 4) is 11.8 Å². The third-order valence-corrected chi connectivity index (χ3v) is 2.52. The van der Waals surface area contributed by atoms with E-state index in [-0.39, 0.29) is 12.1 Å². The highest BCUT2D eigenvalue weighted by Gasteiger charge is 2.45. The van der Waals surface area contributed by atoms with E-state index >= 15 is 0 Å². The first-order chi connectivity index (χ1) is 8.17. The fourth-order valence-electron chi connectivity index (χ4n) is 1.79. The molecule has 1 atom stereocenters. The van der Waals surface area contributed by atoms with Gasteiger partial charge in [0.2, 0.25) is 0 Å². The molecule has 4 nitrogen and oxygen atoms in total. The molecule has 1 amide bonds. The maximum absolute atomic E-state index is 12.2. The molecular formula is C14H23NO3. The van der Waals surface area contributed by atoms with E-state index in [1.165, 1.54) is 0 Å². The molecule has 1 heterocycles. The summed E-state index contributed by atoms with van der Waals surface area (Å²) in [6.07, 6.45) is 0.388. The van der Waals surface area contributed by atoms with E-state index in [4.69, 9.17) is 9.47 Å². The van der Waals surface area contributed by atoms with Gasteiger partial charge in [0.05, 0.1) is 6.61 Å². The second-order valence-corrected chi connectivity index (χ2v) is 5.80. The van der Waals surface area contributed by atoms with Crippen LogP contribution in [-0.4, -0.2) is 35.0 Å². The Morgan fingerprint density at radius 2 is 2.11 bits per heavy atom. The van der Waals surface area contributed by atoms with Crippen molar-refractivity contribution in [3.05, 3.63) is 0 Å². The van der Waals surface area contributed by atoms with Crippen LogP contribution < -0.4 is 0 Å². The monoisotopic (exact) mass is 253 g/mol. The number of rotatable bonds is 0. The first kappa shape index (κ1) is 14.8. The number of carbonyl (C=O) groups excluding carboxylic acids is 1. The molecule has 0 aromatic heterocycles. The molecule has 1 aliphatic rings. The molecule has 102 valence electrons. The zero-order valence-corrected chi connectivity index (χ0v) is 12.2. The topological polar surface area (TPSA) is 38.8 Å². The highest BCUT2D eigenvalue weighted by atomic mass is 16.6. The SMILES string of the molecule is CCC#CC1COC(C)(C)N1C(=O)OC(C)(C)C. The van der Waals surface area contributed by atoms with Gasteiger partial charge in [0, 0.05) is 6.42 Å². The van der Waals surface area contributed by atoms with Gasteiger partial charge in [-0.05, 0) is 34.6 Å². The lowest BCUT2D eigenvalue weighted by Gasteiger charge is -2.33. The Balaban J connectivity index is 2.88. The second kappa shape index (κ2) is 5.19. The molecule has 0 saturated carbocycles. The van der Waals surface area contributed by atoms with E-state index < -0.39 is 11.3 Å². The molecule has 0 aromatic rings. The second-order valence-electron chi connectivity index (χ2n) is 5.80. The van der Waals surface area contributed by atoms with Gasteiger partial charge >= 0.3 is 6.09 Å². The molecule has 0 aromatic carbocycles. The Morgan fingerprint density at radius 3 is 2.61 bits per heavy atom. The van der Waals surface area contributed by atoms with Crippen molar-refractivity contribution in [2.24, 2.45) is 0 Å². The van der Waals surface area contributed by atoms with Crippen LogP contribution in [0.4, 0.5) is 4.79 Å². The van der Waals surface area contributed by atoms with Crippen LogP contribution in [0.15, 0.2) is 0 Å². The van der Waals surface area contributed by atoms with Gasteiger partial charge in [-0.2, -0.15) is 0 Å². The minimum Gasteiger partial charge on any atom is -0.444 e. The summed E-state index contributed by atoms with van der Waals surface area (Å²) >= 11 is 0. The zero-order valence-electron chi connectivity index (χ0n) is 12.2. The average Bonchev–Trinajstić information content (AvgIpc) is 2.48. The van der Waals surface area contributed by atoms with E-state index in [1.54, 1.807) is 4.90 Å². The van der Waals surface area contributed by atoms with Crippen molar-refractivity contribution in [2.75, 3.05) is 6.61 Å². The quantitative estimate of drug-likeness (QED) is 0.623. The summed E-state index contributed by atoms with van der Waals surface area (Å²) in [5, 5.41) is 0. The number of hydrogen-bond donors (Lipinski definition) is 0. The molecule has 1 aliphatic heterocycles. The standard InChI is InChI=1S/C14H23NO3/c1-7-8-9-11-10-17-14(5,6)15(11)12(16)18-13(2,3)4/h11H,7,10H2,1-6H3. The fourth-order valence-corrected chi connectivity index (χ4v) is 1.79. The van der Waals surface area contributed by atoms with Gasteiger partial charge in [0.25, 0.3) is 0 Å². The molecule has 0 bridgehead atoms. The zero-order chi connectivity index (χ0) is 14.0. The highest BCUT2D eigenvalue weighted by Crippen LogP contribution is 2.29. The highest BCUT2D eigenvalue weighted by molar-refractivity contribution is 5.70. The minimum absolute atomic E-state index is 0.227. The molecule has 18 heavy (non-hydrogen) atoms. The lowest BCUT2D eigenvalue weighted by molar-refractivity contribution is -0.0608. The number of ether oxygens (including phenoxy) is 2. The molecule has 1 rings (SSSR count). The van der Waals surface area contributed by atoms with Crippen molar-refractivity contribution in [2.45, 2.75) is 65.3 Å². The third-order valence-electron chi connectivity index (χ3n) is 2.52. The summed E-state index contributed by atoms with van der Waals surface area (Å²) in [5.74, 6) is 6.05. The maximum atomic E-state index is 12.2. The largest absolute Gasteiger partial charge is 0.444 e. The normalized spacial score (nSPS) is 22.3. The van der Waals surface area contributed by atoms with Crippen LogP contribution in [-0.2, 0) is 9.47 Å². The lowest BCUT2D eigenvalue weighted by atomic mass is 10.2. The average molecular weight is 253 g/mol. The van der Waals surface area contributed by atoms with E-state index in [2.05, 4.69) is 11.8 Å². The van der Waals surface area contributed by atoms with Crippen molar-refractivity contribution < 1.29 is 14.3 Å². The Labute approximate surface area is 110 Å². The Bertz CT molecular complexity index is 371. The summed E-state index contributed by atoms with van der Waals surface area (Å²) in [6, 6.07) is -0.227. The van der Waals surface area contributed by atoms with Gasteiger partial charge in [-0.3, -0.25) is 4.90 Å². The molecule has 0 N–H and O–H groups in total. The number of carbonyl (C=O) groups is 1. The van der Waals surface area contributed by atoms with Crippen LogP contribution in [0, 0.1) is 11.8 Å². The lowest BCUT2D eigenvalue weighted by Crippen LogP contribution is -2.49. The van der Waals surface area contributed by atoms with Crippen LogP contribution in [0.25, 0.3) is 0 Å². The van der Waals surface area contributed by atoms with Crippen LogP contribution >= 0.6 is 0 Å². The molecule has 1 saturated heterocycles. The van der Waals surface area contributed by atoms with Gasteiger partial charge in [0.15, 0.2) is 0 Å². The van der Waals surface area contributed by atoms with E-state index in [0.29, 0.717) is 6.61 Å². The van der Waals surface area contributed by atoms with Crippen LogP contribution in [0.3, 0.4) is 0 Å². The van der Waals surface area contributed by atoms with Crippen LogP contribution in [0.5, 0.6) is 0 Å². The van der Waals surface area contributed by atoms with Crippen molar-refractivity contribution >= 4 is 6.09 Å². The molecular weight excluding hydrogens is 230 g/mol. The van der Waals surface area contributed by atoms with E-state index in [1.807, 2.05) is 41.5 Å². The van der Waals surface area contributed by atoms with Gasteiger partial charge in [-0.25, -0.2) is 4.79 Å². The number of hydrogen-bond acceptors (Lipinski definition) is 3. The molecule has 0 aliphatic carbocycles. The third kappa shape index (κ3) is 3.64.